The topological polar surface area (TPSA) is 66.0 Å². The molecule has 20 heavy (non-hydrogen) atoms. The van der Waals surface area contributed by atoms with Crippen molar-refractivity contribution >= 4 is 22.6 Å². The van der Waals surface area contributed by atoms with E-state index in [0.29, 0.717) is 18.1 Å². The molecule has 0 aliphatic rings. The number of ether oxygens (including phenoxy) is 1. The second-order valence-electron chi connectivity index (χ2n) is 4.35. The summed E-state index contributed by atoms with van der Waals surface area (Å²) in [5, 5.41) is 3.59. The number of rotatable bonds is 4. The lowest BCUT2D eigenvalue weighted by atomic mass is 10.3. The fourth-order valence-electron chi connectivity index (χ4n) is 2.18. The second-order valence-corrected chi connectivity index (χ2v) is 5.00. The lowest BCUT2D eigenvalue weighted by Crippen LogP contribution is -2.06. The highest BCUT2D eigenvalue weighted by Gasteiger charge is 2.18. The van der Waals surface area contributed by atoms with E-state index < -0.39 is 0 Å². The Morgan fingerprint density at radius 1 is 1.45 bits per heavy atom. The number of aromatic nitrogens is 4. The van der Waals surface area contributed by atoms with Crippen LogP contribution in [-0.2, 0) is 6.54 Å². The summed E-state index contributed by atoms with van der Waals surface area (Å²) in [6.45, 7) is 2.33. The highest BCUT2D eigenvalue weighted by atomic mass is 35.5. The summed E-state index contributed by atoms with van der Waals surface area (Å²) in [5.74, 6) is 2.04. The summed E-state index contributed by atoms with van der Waals surface area (Å²) in [7, 11) is 1.62. The van der Waals surface area contributed by atoms with Crippen molar-refractivity contribution in [1.82, 2.24) is 19.7 Å². The van der Waals surface area contributed by atoms with Gasteiger partial charge in [-0.3, -0.25) is 0 Å². The number of nitrogens with zero attached hydrogens (tertiary/aromatic N) is 4. The molecule has 2 heterocycles. The third-order valence-electron chi connectivity index (χ3n) is 3.05. The number of hydrogen-bond acceptors (Lipinski definition) is 5. The van der Waals surface area contributed by atoms with E-state index in [0.717, 1.165) is 16.9 Å². The molecule has 0 aliphatic heterocycles. The van der Waals surface area contributed by atoms with Crippen LogP contribution in [0.25, 0.3) is 11.0 Å². The number of hydrogen-bond donors (Lipinski definition) is 0. The average molecular weight is 293 g/mol. The Labute approximate surface area is 120 Å². The number of benzene rings is 1. The van der Waals surface area contributed by atoms with E-state index in [1.54, 1.807) is 7.11 Å². The van der Waals surface area contributed by atoms with E-state index in [2.05, 4.69) is 15.1 Å². The Kier molecular flexibility index (Phi) is 3.31. The van der Waals surface area contributed by atoms with Crippen molar-refractivity contribution in [3.05, 3.63) is 36.2 Å². The molecule has 1 atom stereocenters. The zero-order valence-electron chi connectivity index (χ0n) is 11.1. The van der Waals surface area contributed by atoms with Crippen LogP contribution < -0.4 is 4.74 Å². The SMILES string of the molecule is COc1cccc2c1nc(C(C)Cl)n2Cc1ncon1. The van der Waals surface area contributed by atoms with Crippen molar-refractivity contribution in [2.45, 2.75) is 18.8 Å². The maximum Gasteiger partial charge on any atom is 0.213 e. The molecule has 0 saturated carbocycles. The molecule has 2 aromatic heterocycles. The van der Waals surface area contributed by atoms with Crippen molar-refractivity contribution in [3.8, 4) is 5.75 Å². The first-order valence-electron chi connectivity index (χ1n) is 6.13. The quantitative estimate of drug-likeness (QED) is 0.692. The molecular formula is C13H13ClN4O2. The number of methoxy groups -OCH3 is 1. The second kappa shape index (κ2) is 5.13. The van der Waals surface area contributed by atoms with Crippen LogP contribution in [0.3, 0.4) is 0 Å². The molecule has 1 aromatic carbocycles. The smallest absolute Gasteiger partial charge is 0.213 e. The van der Waals surface area contributed by atoms with Crippen molar-refractivity contribution in [2.24, 2.45) is 0 Å². The number of alkyl halides is 1. The zero-order valence-corrected chi connectivity index (χ0v) is 11.8. The minimum absolute atomic E-state index is 0.237. The van der Waals surface area contributed by atoms with Crippen molar-refractivity contribution in [3.63, 3.8) is 0 Å². The van der Waals surface area contributed by atoms with Gasteiger partial charge in [0.15, 0.2) is 5.82 Å². The molecule has 0 saturated heterocycles. The van der Waals surface area contributed by atoms with Crippen LogP contribution in [0.5, 0.6) is 5.75 Å². The summed E-state index contributed by atoms with van der Waals surface area (Å²) in [5.41, 5.74) is 1.71. The van der Waals surface area contributed by atoms with E-state index in [1.165, 1.54) is 6.39 Å². The predicted molar refractivity (Wildman–Crippen MR) is 74.0 cm³/mol. The van der Waals surface area contributed by atoms with Crippen molar-refractivity contribution < 1.29 is 9.26 Å². The lowest BCUT2D eigenvalue weighted by Gasteiger charge is -2.07. The fourth-order valence-corrected chi connectivity index (χ4v) is 2.34. The number of imidazole rings is 1. The summed E-state index contributed by atoms with van der Waals surface area (Å²) in [6.07, 6.45) is 1.30. The highest BCUT2D eigenvalue weighted by molar-refractivity contribution is 6.20. The molecule has 1 unspecified atom stereocenters. The first kappa shape index (κ1) is 12.9. The number of halogens is 1. The van der Waals surface area contributed by atoms with E-state index in [1.807, 2.05) is 29.7 Å². The molecule has 7 heteroatoms. The van der Waals surface area contributed by atoms with Gasteiger partial charge >= 0.3 is 0 Å². The van der Waals surface area contributed by atoms with E-state index >= 15 is 0 Å². The maximum atomic E-state index is 6.23. The Morgan fingerprint density at radius 2 is 2.30 bits per heavy atom. The molecule has 0 fully saturated rings. The summed E-state index contributed by atoms with van der Waals surface area (Å²) < 4.78 is 12.1. The Balaban J connectivity index is 2.19. The van der Waals surface area contributed by atoms with Crippen LogP contribution in [0, 0.1) is 0 Å². The molecular weight excluding hydrogens is 280 g/mol. The first-order valence-corrected chi connectivity index (χ1v) is 6.56. The predicted octanol–water partition coefficient (Wildman–Crippen LogP) is 2.78. The summed E-state index contributed by atoms with van der Waals surface area (Å²) >= 11 is 6.23. The number of fused-ring (bicyclic) bond motifs is 1. The van der Waals surface area contributed by atoms with Gasteiger partial charge in [-0.05, 0) is 19.1 Å². The van der Waals surface area contributed by atoms with Crippen molar-refractivity contribution in [2.75, 3.05) is 7.11 Å². The van der Waals surface area contributed by atoms with Crippen LogP contribution in [0.1, 0.15) is 23.9 Å². The molecule has 0 spiro atoms. The van der Waals surface area contributed by atoms with Gasteiger partial charge in [0, 0.05) is 0 Å². The number of para-hydroxylation sites is 1. The molecule has 0 N–H and O–H groups in total. The zero-order chi connectivity index (χ0) is 14.1. The van der Waals surface area contributed by atoms with E-state index in [4.69, 9.17) is 20.9 Å². The fraction of sp³-hybridized carbons (Fsp3) is 0.308. The normalized spacial score (nSPS) is 12.8. The Hall–Kier alpha value is -2.08. The minimum Gasteiger partial charge on any atom is -0.494 e. The van der Waals surface area contributed by atoms with E-state index in [9.17, 15) is 0 Å². The van der Waals surface area contributed by atoms with Gasteiger partial charge in [-0.2, -0.15) is 4.98 Å². The largest absolute Gasteiger partial charge is 0.494 e. The van der Waals surface area contributed by atoms with Crippen LogP contribution >= 0.6 is 11.6 Å². The molecule has 0 bridgehead atoms. The van der Waals surface area contributed by atoms with Gasteiger partial charge in [0.1, 0.15) is 17.1 Å². The molecule has 6 nitrogen and oxygen atoms in total. The maximum absolute atomic E-state index is 6.23. The monoisotopic (exact) mass is 292 g/mol. The van der Waals surface area contributed by atoms with Gasteiger partial charge in [0.25, 0.3) is 0 Å². The average Bonchev–Trinajstić information content (AvgIpc) is 3.07. The van der Waals surface area contributed by atoms with Gasteiger partial charge in [-0.25, -0.2) is 4.98 Å². The standard InChI is InChI=1S/C13H13ClN4O2/c1-8(14)13-16-12-9(4-3-5-10(12)19-2)18(13)6-11-15-7-20-17-11/h3-5,7-8H,6H2,1-2H3. The van der Waals surface area contributed by atoms with Crippen molar-refractivity contribution in [1.29, 1.82) is 0 Å². The third-order valence-corrected chi connectivity index (χ3v) is 3.25. The van der Waals surface area contributed by atoms with Gasteiger partial charge in [-0.1, -0.05) is 11.2 Å². The van der Waals surface area contributed by atoms with Gasteiger partial charge in [-0.15, -0.1) is 11.6 Å². The summed E-state index contributed by atoms with van der Waals surface area (Å²) in [6, 6.07) is 5.75. The third kappa shape index (κ3) is 2.12. The molecule has 3 aromatic rings. The molecule has 0 amide bonds. The van der Waals surface area contributed by atoms with Gasteiger partial charge < -0.3 is 13.8 Å². The van der Waals surface area contributed by atoms with Crippen LogP contribution in [0.4, 0.5) is 0 Å². The molecule has 3 rings (SSSR count). The molecule has 104 valence electrons. The lowest BCUT2D eigenvalue weighted by molar-refractivity contribution is 0.408. The Morgan fingerprint density at radius 3 is 2.95 bits per heavy atom. The van der Waals surface area contributed by atoms with Gasteiger partial charge in [0.05, 0.1) is 24.5 Å². The van der Waals surface area contributed by atoms with Crippen LogP contribution in [0.2, 0.25) is 0 Å². The molecule has 0 aliphatic carbocycles. The first-order chi connectivity index (χ1) is 9.70. The van der Waals surface area contributed by atoms with Gasteiger partial charge in [0.2, 0.25) is 6.39 Å². The van der Waals surface area contributed by atoms with E-state index in [-0.39, 0.29) is 5.38 Å². The minimum atomic E-state index is -0.237. The van der Waals surface area contributed by atoms with Crippen LogP contribution in [-0.4, -0.2) is 26.8 Å². The Bertz CT molecular complexity index is 721. The summed E-state index contributed by atoms with van der Waals surface area (Å²) in [4.78, 5) is 8.62. The van der Waals surface area contributed by atoms with Crippen LogP contribution in [0.15, 0.2) is 29.1 Å². The highest BCUT2D eigenvalue weighted by Crippen LogP contribution is 2.30. The molecule has 0 radical (unpaired) electrons.